The van der Waals surface area contributed by atoms with E-state index in [4.69, 9.17) is 24.7 Å². The molecule has 0 N–H and O–H groups in total. The number of hydrogen-bond donors (Lipinski definition) is 0. The zero-order valence-electron chi connectivity index (χ0n) is 28.3. The molecule has 5 aromatic carbocycles. The molecule has 0 spiro atoms. The lowest BCUT2D eigenvalue weighted by Gasteiger charge is -2.13. The van der Waals surface area contributed by atoms with Crippen LogP contribution in [0.2, 0.25) is 0 Å². The summed E-state index contributed by atoms with van der Waals surface area (Å²) in [6, 6.07) is 51.6. The van der Waals surface area contributed by atoms with Crippen molar-refractivity contribution in [2.75, 3.05) is 0 Å². The highest BCUT2D eigenvalue weighted by molar-refractivity contribution is 6.13. The Bertz CT molecular complexity index is 3190. The molecule has 0 saturated heterocycles. The van der Waals surface area contributed by atoms with Gasteiger partial charge >= 0.3 is 0 Å². The number of nitrogens with zero attached hydrogens (tertiary/aromatic N) is 6. The van der Waals surface area contributed by atoms with Crippen LogP contribution >= 0.6 is 0 Å². The summed E-state index contributed by atoms with van der Waals surface area (Å²) < 4.78 is 11.1. The third-order valence-corrected chi connectivity index (χ3v) is 10.0. The lowest BCUT2D eigenvalue weighted by atomic mass is 10.0. The summed E-state index contributed by atoms with van der Waals surface area (Å²) >= 11 is 0. The topological polar surface area (TPSA) is 69.6 Å². The van der Waals surface area contributed by atoms with Crippen LogP contribution in [0.1, 0.15) is 0 Å². The largest absolute Gasteiger partial charge is 0.457 e. The molecular weight excluding hydrogens is 653 g/mol. The van der Waals surface area contributed by atoms with Gasteiger partial charge in [-0.2, -0.15) is 0 Å². The van der Waals surface area contributed by atoms with E-state index in [2.05, 4.69) is 112 Å². The lowest BCUT2D eigenvalue weighted by Crippen LogP contribution is -1.96. The van der Waals surface area contributed by atoms with E-state index in [0.29, 0.717) is 11.5 Å². The standard InChI is InChI=1S/C46H28N6O/c1-4-12-29(13-5-1)38-28-51-39-18-10-24-47-42(39)34-22-20-32(26-36(34)45(51)49-38)53-33-21-23-35-37(27-33)46-50-41(30-14-6-2-7-15-30)44(31-16-8-3-9-17-31)52(46)40-19-11-25-48-43(35)40/h1-28H. The molecular formula is C46H28N6O. The minimum absolute atomic E-state index is 0.697. The van der Waals surface area contributed by atoms with Gasteiger partial charge in [-0.1, -0.05) is 91.0 Å². The number of fused-ring (bicyclic) bond motifs is 12. The fraction of sp³-hybridized carbons (Fsp3) is 0. The molecule has 11 rings (SSSR count). The van der Waals surface area contributed by atoms with Crippen molar-refractivity contribution in [3.8, 4) is 45.3 Å². The minimum Gasteiger partial charge on any atom is -0.457 e. The maximum absolute atomic E-state index is 6.70. The maximum Gasteiger partial charge on any atom is 0.146 e. The predicted molar refractivity (Wildman–Crippen MR) is 212 cm³/mol. The Morgan fingerprint density at radius 3 is 1.68 bits per heavy atom. The molecule has 248 valence electrons. The van der Waals surface area contributed by atoms with Gasteiger partial charge in [0.1, 0.15) is 22.8 Å². The molecule has 0 saturated carbocycles. The van der Waals surface area contributed by atoms with Gasteiger partial charge in [-0.15, -0.1) is 0 Å². The van der Waals surface area contributed by atoms with Gasteiger partial charge in [-0.05, 0) is 60.7 Å². The van der Waals surface area contributed by atoms with E-state index < -0.39 is 0 Å². The predicted octanol–water partition coefficient (Wildman–Crippen LogP) is 11.2. The number of imidazole rings is 2. The van der Waals surface area contributed by atoms with Crippen LogP contribution in [0.4, 0.5) is 0 Å². The SMILES string of the molecule is c1ccc(-c2cn3c4cccnc4c4ccc(Oc5ccc6c(c5)c5nc(-c7ccccc7)c(-c7ccccc7)n5c5cccnc65)cc4c3n2)cc1. The summed E-state index contributed by atoms with van der Waals surface area (Å²) in [5.74, 6) is 1.40. The van der Waals surface area contributed by atoms with Crippen LogP contribution in [0.5, 0.6) is 11.5 Å². The van der Waals surface area contributed by atoms with Crippen molar-refractivity contribution in [1.82, 2.24) is 28.7 Å². The molecule has 0 bridgehead atoms. The van der Waals surface area contributed by atoms with Crippen molar-refractivity contribution in [1.29, 1.82) is 0 Å². The van der Waals surface area contributed by atoms with Crippen LogP contribution in [-0.2, 0) is 0 Å². The van der Waals surface area contributed by atoms with Crippen LogP contribution in [0.25, 0.3) is 88.7 Å². The van der Waals surface area contributed by atoms with Crippen molar-refractivity contribution in [3.05, 3.63) is 170 Å². The van der Waals surface area contributed by atoms with Gasteiger partial charge in [-0.25, -0.2) is 9.97 Å². The smallest absolute Gasteiger partial charge is 0.146 e. The van der Waals surface area contributed by atoms with Gasteiger partial charge in [0.05, 0.1) is 39.1 Å². The molecule has 0 fully saturated rings. The van der Waals surface area contributed by atoms with E-state index in [-0.39, 0.29) is 0 Å². The maximum atomic E-state index is 6.70. The van der Waals surface area contributed by atoms with E-state index in [1.165, 1.54) is 0 Å². The first kappa shape index (κ1) is 29.4. The average molecular weight is 681 g/mol. The summed E-state index contributed by atoms with van der Waals surface area (Å²) in [6.07, 6.45) is 5.78. The first-order chi connectivity index (χ1) is 26.3. The highest BCUT2D eigenvalue weighted by Crippen LogP contribution is 2.40. The van der Waals surface area contributed by atoms with E-state index in [1.54, 1.807) is 0 Å². The molecule has 0 atom stereocenters. The number of ether oxygens (including phenoxy) is 1. The molecule has 0 aliphatic carbocycles. The second kappa shape index (κ2) is 11.6. The molecule has 53 heavy (non-hydrogen) atoms. The van der Waals surface area contributed by atoms with Gasteiger partial charge in [0.15, 0.2) is 0 Å². The Labute approximate surface area is 303 Å². The number of hydrogen-bond acceptors (Lipinski definition) is 5. The number of benzene rings is 5. The van der Waals surface area contributed by atoms with Crippen molar-refractivity contribution in [3.63, 3.8) is 0 Å². The Kier molecular flexibility index (Phi) is 6.42. The number of aromatic nitrogens is 6. The highest BCUT2D eigenvalue weighted by atomic mass is 16.5. The summed E-state index contributed by atoms with van der Waals surface area (Å²) in [7, 11) is 0. The Morgan fingerprint density at radius 1 is 0.453 bits per heavy atom. The van der Waals surface area contributed by atoms with E-state index >= 15 is 0 Å². The van der Waals surface area contributed by atoms with Gasteiger partial charge in [-0.3, -0.25) is 18.8 Å². The zero-order chi connectivity index (χ0) is 34.9. The van der Waals surface area contributed by atoms with Crippen LogP contribution in [0, 0.1) is 0 Å². The fourth-order valence-electron chi connectivity index (χ4n) is 7.67. The minimum atomic E-state index is 0.697. The monoisotopic (exact) mass is 680 g/mol. The second-order valence-electron chi connectivity index (χ2n) is 13.1. The number of pyridine rings is 4. The average Bonchev–Trinajstić information content (AvgIpc) is 3.87. The van der Waals surface area contributed by atoms with E-state index in [0.717, 1.165) is 88.7 Å². The summed E-state index contributed by atoms with van der Waals surface area (Å²) in [6.45, 7) is 0. The van der Waals surface area contributed by atoms with Gasteiger partial charge in [0.25, 0.3) is 0 Å². The van der Waals surface area contributed by atoms with Crippen LogP contribution in [0.3, 0.4) is 0 Å². The van der Waals surface area contributed by atoms with Gasteiger partial charge < -0.3 is 4.74 Å². The normalized spacial score (nSPS) is 11.8. The zero-order valence-corrected chi connectivity index (χ0v) is 28.3. The molecule has 7 nitrogen and oxygen atoms in total. The molecule has 0 aliphatic heterocycles. The second-order valence-corrected chi connectivity index (χ2v) is 13.1. The van der Waals surface area contributed by atoms with E-state index in [9.17, 15) is 0 Å². The Balaban J connectivity index is 1.12. The third kappa shape index (κ3) is 4.61. The Morgan fingerprint density at radius 2 is 1.02 bits per heavy atom. The van der Waals surface area contributed by atoms with Gasteiger partial charge in [0, 0.05) is 56.8 Å². The number of rotatable bonds is 5. The van der Waals surface area contributed by atoms with Crippen molar-refractivity contribution < 1.29 is 4.74 Å². The Hall–Kier alpha value is -7.38. The molecule has 0 radical (unpaired) electrons. The molecule has 0 unspecified atom stereocenters. The van der Waals surface area contributed by atoms with Gasteiger partial charge in [0.2, 0.25) is 0 Å². The highest BCUT2D eigenvalue weighted by Gasteiger charge is 2.22. The summed E-state index contributed by atoms with van der Waals surface area (Å²) in [5, 5.41) is 3.94. The van der Waals surface area contributed by atoms with Crippen molar-refractivity contribution in [2.24, 2.45) is 0 Å². The summed E-state index contributed by atoms with van der Waals surface area (Å²) in [5.41, 5.74) is 11.5. The summed E-state index contributed by atoms with van der Waals surface area (Å²) in [4.78, 5) is 20.2. The quantitative estimate of drug-likeness (QED) is 0.169. The van der Waals surface area contributed by atoms with Crippen LogP contribution < -0.4 is 4.74 Å². The van der Waals surface area contributed by atoms with E-state index in [1.807, 2.05) is 67.0 Å². The molecule has 6 heterocycles. The first-order valence-electron chi connectivity index (χ1n) is 17.5. The lowest BCUT2D eigenvalue weighted by molar-refractivity contribution is 0.484. The fourth-order valence-corrected chi connectivity index (χ4v) is 7.67. The van der Waals surface area contributed by atoms with Crippen LogP contribution in [-0.4, -0.2) is 28.7 Å². The molecule has 6 aromatic heterocycles. The molecule has 11 aromatic rings. The third-order valence-electron chi connectivity index (χ3n) is 10.0. The van der Waals surface area contributed by atoms with Crippen LogP contribution in [0.15, 0.2) is 170 Å². The molecule has 0 aliphatic rings. The molecule has 0 amide bonds. The van der Waals surface area contributed by atoms with Crippen molar-refractivity contribution >= 4 is 54.9 Å². The molecule has 7 heteroatoms. The van der Waals surface area contributed by atoms with Crippen molar-refractivity contribution in [2.45, 2.75) is 0 Å². The first-order valence-corrected chi connectivity index (χ1v) is 17.5.